The SMILES string of the molecule is CC(C)C1CCCCN(C(C)C)C1.CC(C)C1CCCN(C(C)C)C1. The summed E-state index contributed by atoms with van der Waals surface area (Å²) in [5.41, 5.74) is 0. The summed E-state index contributed by atoms with van der Waals surface area (Å²) in [5, 5.41) is 0. The molecule has 2 rings (SSSR count). The van der Waals surface area contributed by atoms with Crippen molar-refractivity contribution in [3.63, 3.8) is 0 Å². The Hall–Kier alpha value is -0.0800. The van der Waals surface area contributed by atoms with E-state index in [9.17, 15) is 0 Å². The van der Waals surface area contributed by atoms with Crippen LogP contribution in [0, 0.1) is 23.7 Å². The molecule has 0 aliphatic carbocycles. The van der Waals surface area contributed by atoms with Crippen molar-refractivity contribution >= 4 is 0 Å². The van der Waals surface area contributed by atoms with E-state index in [0.29, 0.717) is 0 Å². The lowest BCUT2D eigenvalue weighted by molar-refractivity contribution is 0.117. The van der Waals surface area contributed by atoms with Gasteiger partial charge in [-0.1, -0.05) is 34.1 Å². The molecule has 0 aromatic rings. The van der Waals surface area contributed by atoms with E-state index in [1.807, 2.05) is 0 Å². The van der Waals surface area contributed by atoms with Crippen LogP contribution in [0.25, 0.3) is 0 Å². The largest absolute Gasteiger partial charge is 0.301 e. The Morgan fingerprint density at radius 3 is 1.36 bits per heavy atom. The fraction of sp³-hybridized carbons (Fsp3) is 1.00. The topological polar surface area (TPSA) is 6.48 Å². The first-order valence-electron chi connectivity index (χ1n) is 11.2. The van der Waals surface area contributed by atoms with Crippen LogP contribution in [0.2, 0.25) is 0 Å². The van der Waals surface area contributed by atoms with E-state index < -0.39 is 0 Å². The van der Waals surface area contributed by atoms with E-state index in [4.69, 9.17) is 0 Å². The summed E-state index contributed by atoms with van der Waals surface area (Å²) >= 11 is 0. The molecule has 0 amide bonds. The van der Waals surface area contributed by atoms with Crippen molar-refractivity contribution in [2.45, 2.75) is 99.6 Å². The number of piperidine rings is 1. The average Bonchev–Trinajstić information content (AvgIpc) is 2.82. The molecule has 0 radical (unpaired) electrons. The van der Waals surface area contributed by atoms with Crippen LogP contribution in [-0.4, -0.2) is 48.1 Å². The van der Waals surface area contributed by atoms with Crippen molar-refractivity contribution in [3.8, 4) is 0 Å². The summed E-state index contributed by atoms with van der Waals surface area (Å²) in [5.74, 6) is 3.61. The Labute approximate surface area is 159 Å². The first-order chi connectivity index (χ1) is 11.7. The third-order valence-electron chi connectivity index (χ3n) is 6.57. The molecule has 0 spiro atoms. The molecule has 2 unspecified atom stereocenters. The van der Waals surface area contributed by atoms with Crippen molar-refractivity contribution in [3.05, 3.63) is 0 Å². The van der Waals surface area contributed by atoms with Gasteiger partial charge in [0.1, 0.15) is 0 Å². The number of hydrogen-bond acceptors (Lipinski definition) is 2. The van der Waals surface area contributed by atoms with Gasteiger partial charge in [0.05, 0.1) is 0 Å². The standard InChI is InChI=1S/C12H25N.C11H23N/c1-10(2)12-7-5-6-8-13(9-12)11(3)4;1-9(2)11-6-5-7-12(8-11)10(3)4/h10-12H,5-9H2,1-4H3;9-11H,5-8H2,1-4H3. The van der Waals surface area contributed by atoms with Crippen molar-refractivity contribution < 1.29 is 0 Å². The van der Waals surface area contributed by atoms with Gasteiger partial charge in [0.2, 0.25) is 0 Å². The summed E-state index contributed by atoms with van der Waals surface area (Å²) in [6.07, 6.45) is 7.14. The van der Waals surface area contributed by atoms with E-state index in [1.165, 1.54) is 58.3 Å². The molecule has 2 aliphatic rings. The maximum atomic E-state index is 2.65. The summed E-state index contributed by atoms with van der Waals surface area (Å²) in [6.45, 7) is 24.0. The van der Waals surface area contributed by atoms with Gasteiger partial charge in [0, 0.05) is 25.2 Å². The highest BCUT2D eigenvalue weighted by molar-refractivity contribution is 4.77. The van der Waals surface area contributed by atoms with Crippen LogP contribution in [0.15, 0.2) is 0 Å². The fourth-order valence-electron chi connectivity index (χ4n) is 4.27. The zero-order valence-electron chi connectivity index (χ0n) is 18.7. The van der Waals surface area contributed by atoms with Gasteiger partial charge in [-0.25, -0.2) is 0 Å². The van der Waals surface area contributed by atoms with E-state index in [-0.39, 0.29) is 0 Å². The highest BCUT2D eigenvalue weighted by atomic mass is 15.2. The van der Waals surface area contributed by atoms with Crippen molar-refractivity contribution in [1.29, 1.82) is 0 Å². The molecule has 2 fully saturated rings. The van der Waals surface area contributed by atoms with Gasteiger partial charge < -0.3 is 9.80 Å². The monoisotopic (exact) mass is 352 g/mol. The predicted molar refractivity (Wildman–Crippen MR) is 113 cm³/mol. The van der Waals surface area contributed by atoms with Crippen LogP contribution in [0.4, 0.5) is 0 Å². The van der Waals surface area contributed by atoms with E-state index in [0.717, 1.165) is 35.8 Å². The molecule has 0 bridgehead atoms. The molecular formula is C23H48N2. The summed E-state index contributed by atoms with van der Waals surface area (Å²) in [7, 11) is 0. The minimum absolute atomic E-state index is 0.736. The predicted octanol–water partition coefficient (Wildman–Crippen LogP) is 5.92. The van der Waals surface area contributed by atoms with Gasteiger partial charge in [0.15, 0.2) is 0 Å². The van der Waals surface area contributed by atoms with Crippen LogP contribution >= 0.6 is 0 Å². The van der Waals surface area contributed by atoms with Crippen LogP contribution in [0.5, 0.6) is 0 Å². The maximum absolute atomic E-state index is 2.65. The molecule has 25 heavy (non-hydrogen) atoms. The highest BCUT2D eigenvalue weighted by Gasteiger charge is 2.23. The van der Waals surface area contributed by atoms with Crippen LogP contribution in [0.1, 0.15) is 87.5 Å². The lowest BCUT2D eigenvalue weighted by Crippen LogP contribution is -2.41. The Kier molecular flexibility index (Phi) is 10.6. The average molecular weight is 353 g/mol. The highest BCUT2D eigenvalue weighted by Crippen LogP contribution is 2.25. The van der Waals surface area contributed by atoms with Crippen molar-refractivity contribution in [2.75, 3.05) is 26.2 Å². The van der Waals surface area contributed by atoms with E-state index in [1.54, 1.807) is 0 Å². The Bertz CT molecular complexity index is 305. The van der Waals surface area contributed by atoms with Gasteiger partial charge >= 0.3 is 0 Å². The fourth-order valence-corrected chi connectivity index (χ4v) is 4.27. The molecule has 2 saturated heterocycles. The smallest absolute Gasteiger partial charge is 0.00387 e. The molecule has 0 aromatic carbocycles. The van der Waals surface area contributed by atoms with Crippen LogP contribution in [0.3, 0.4) is 0 Å². The van der Waals surface area contributed by atoms with Gasteiger partial charge in [-0.2, -0.15) is 0 Å². The van der Waals surface area contributed by atoms with Crippen molar-refractivity contribution in [2.24, 2.45) is 23.7 Å². The van der Waals surface area contributed by atoms with E-state index in [2.05, 4.69) is 65.2 Å². The van der Waals surface area contributed by atoms with Gasteiger partial charge in [-0.15, -0.1) is 0 Å². The minimum Gasteiger partial charge on any atom is -0.301 e. The number of likely N-dealkylation sites (tertiary alicyclic amines) is 2. The van der Waals surface area contributed by atoms with Gasteiger partial charge in [-0.3, -0.25) is 0 Å². The Morgan fingerprint density at radius 2 is 0.960 bits per heavy atom. The van der Waals surface area contributed by atoms with Crippen molar-refractivity contribution in [1.82, 2.24) is 9.80 Å². The summed E-state index contributed by atoms with van der Waals surface area (Å²) in [6, 6.07) is 1.48. The number of rotatable bonds is 4. The second-order valence-electron chi connectivity index (χ2n) is 9.82. The van der Waals surface area contributed by atoms with Crippen LogP contribution < -0.4 is 0 Å². The maximum Gasteiger partial charge on any atom is 0.00387 e. The summed E-state index contributed by atoms with van der Waals surface area (Å²) < 4.78 is 0. The first-order valence-corrected chi connectivity index (χ1v) is 11.2. The number of hydrogen-bond donors (Lipinski definition) is 0. The Balaban J connectivity index is 0.000000251. The molecule has 0 saturated carbocycles. The third-order valence-corrected chi connectivity index (χ3v) is 6.57. The van der Waals surface area contributed by atoms with Crippen LogP contribution in [-0.2, 0) is 0 Å². The van der Waals surface area contributed by atoms with Gasteiger partial charge in [0.25, 0.3) is 0 Å². The molecule has 0 N–H and O–H groups in total. The molecule has 2 heterocycles. The zero-order valence-corrected chi connectivity index (χ0v) is 18.7. The summed E-state index contributed by atoms with van der Waals surface area (Å²) in [4.78, 5) is 5.27. The zero-order chi connectivity index (χ0) is 19.0. The van der Waals surface area contributed by atoms with E-state index >= 15 is 0 Å². The quantitative estimate of drug-likeness (QED) is 0.620. The molecule has 2 heteroatoms. The lowest BCUT2D eigenvalue weighted by Gasteiger charge is -2.37. The second-order valence-corrected chi connectivity index (χ2v) is 9.82. The minimum atomic E-state index is 0.736. The molecule has 2 atom stereocenters. The Morgan fingerprint density at radius 1 is 0.560 bits per heavy atom. The molecule has 2 nitrogen and oxygen atoms in total. The number of nitrogens with zero attached hydrogens (tertiary/aromatic N) is 2. The molecular weight excluding hydrogens is 304 g/mol. The second kappa shape index (κ2) is 11.6. The lowest BCUT2D eigenvalue weighted by atomic mass is 9.87. The van der Waals surface area contributed by atoms with Gasteiger partial charge in [-0.05, 0) is 90.1 Å². The molecule has 0 aromatic heterocycles. The first kappa shape index (κ1) is 23.0. The molecule has 150 valence electrons. The molecule has 2 aliphatic heterocycles. The normalized spacial score (nSPS) is 26.9. The third kappa shape index (κ3) is 8.43.